The molecule has 82 valence electrons. The highest BCUT2D eigenvalue weighted by atomic mass is 15.2. The fourth-order valence-corrected chi connectivity index (χ4v) is 3.17. The van der Waals surface area contributed by atoms with Crippen molar-refractivity contribution in [2.24, 2.45) is 5.92 Å². The summed E-state index contributed by atoms with van der Waals surface area (Å²) in [6.45, 7) is 5.30. The van der Waals surface area contributed by atoms with E-state index in [1.54, 1.807) is 0 Å². The van der Waals surface area contributed by atoms with E-state index in [4.69, 9.17) is 6.42 Å². The molecule has 1 saturated heterocycles. The minimum Gasteiger partial charge on any atom is -0.291 e. The molecule has 1 aliphatic carbocycles. The second-order valence-electron chi connectivity index (χ2n) is 5.30. The Morgan fingerprint density at radius 3 is 2.88 bits per heavy atom. The minimum atomic E-state index is 0.449. The molecule has 1 heterocycles. The van der Waals surface area contributed by atoms with Gasteiger partial charge in [0.2, 0.25) is 0 Å². The van der Waals surface area contributed by atoms with E-state index in [0.717, 1.165) is 19.0 Å². The predicted molar refractivity (Wildman–Crippen MR) is 66.2 cm³/mol. The van der Waals surface area contributed by atoms with Gasteiger partial charge in [0, 0.05) is 18.5 Å². The van der Waals surface area contributed by atoms with Gasteiger partial charge < -0.3 is 0 Å². The average Bonchev–Trinajstić information content (AvgIpc) is 2.84. The van der Waals surface area contributed by atoms with Crippen molar-refractivity contribution >= 4 is 0 Å². The van der Waals surface area contributed by atoms with Gasteiger partial charge in [0.25, 0.3) is 0 Å². The van der Waals surface area contributed by atoms with Gasteiger partial charge in [0.05, 0.1) is 6.54 Å². The van der Waals surface area contributed by atoms with Gasteiger partial charge in [-0.15, -0.1) is 6.42 Å². The number of rotatable bonds is 2. The van der Waals surface area contributed by atoms with Crippen LogP contribution in [0, 0.1) is 25.2 Å². The van der Waals surface area contributed by atoms with E-state index in [9.17, 15) is 0 Å². The molecule has 0 N–H and O–H groups in total. The maximum absolute atomic E-state index is 5.38. The molecule has 0 bridgehead atoms. The van der Waals surface area contributed by atoms with Crippen molar-refractivity contribution in [3.8, 4) is 12.3 Å². The second kappa shape index (κ2) is 3.37. The summed E-state index contributed by atoms with van der Waals surface area (Å²) in [5, 5.41) is 0. The molecule has 1 saturated carbocycles. The zero-order valence-corrected chi connectivity index (χ0v) is 9.74. The number of terminal acetylenes is 1. The van der Waals surface area contributed by atoms with Gasteiger partial charge in [-0.3, -0.25) is 4.90 Å². The molecule has 1 heteroatoms. The third-order valence-corrected chi connectivity index (χ3v) is 4.16. The standard InChI is InChI=1S/C15H17N/c1-3-8-16-10-14-9-15(14,11-16)13-6-4-12(2)5-7-13/h1,4-7,14H,8-11H2,2H3. The van der Waals surface area contributed by atoms with E-state index >= 15 is 0 Å². The predicted octanol–water partition coefficient (Wildman–Crippen LogP) is 2.20. The van der Waals surface area contributed by atoms with Gasteiger partial charge >= 0.3 is 0 Å². The van der Waals surface area contributed by atoms with Crippen LogP contribution in [0.1, 0.15) is 17.5 Å². The number of fused-ring (bicyclic) bond motifs is 1. The first-order valence-corrected chi connectivity index (χ1v) is 5.97. The van der Waals surface area contributed by atoms with Crippen molar-refractivity contribution < 1.29 is 0 Å². The number of benzene rings is 1. The van der Waals surface area contributed by atoms with Gasteiger partial charge in [-0.25, -0.2) is 0 Å². The highest BCUT2D eigenvalue weighted by Gasteiger charge is 2.60. The monoisotopic (exact) mass is 211 g/mol. The van der Waals surface area contributed by atoms with Crippen molar-refractivity contribution in [2.75, 3.05) is 19.6 Å². The molecule has 2 unspecified atom stereocenters. The summed E-state index contributed by atoms with van der Waals surface area (Å²) in [4.78, 5) is 2.41. The summed E-state index contributed by atoms with van der Waals surface area (Å²) >= 11 is 0. The Morgan fingerprint density at radius 1 is 1.44 bits per heavy atom. The van der Waals surface area contributed by atoms with E-state index < -0.39 is 0 Å². The minimum absolute atomic E-state index is 0.449. The van der Waals surface area contributed by atoms with E-state index in [2.05, 4.69) is 42.0 Å². The summed E-state index contributed by atoms with van der Waals surface area (Å²) in [5.41, 5.74) is 3.31. The lowest BCUT2D eigenvalue weighted by Crippen LogP contribution is -2.26. The molecule has 0 amide bonds. The van der Waals surface area contributed by atoms with Gasteiger partial charge in [-0.2, -0.15) is 0 Å². The molecule has 2 fully saturated rings. The van der Waals surface area contributed by atoms with E-state index in [-0.39, 0.29) is 0 Å². The van der Waals surface area contributed by atoms with Gasteiger partial charge in [0.1, 0.15) is 0 Å². The number of nitrogens with zero attached hydrogens (tertiary/aromatic N) is 1. The SMILES string of the molecule is C#CCN1CC2CC2(c2ccc(C)cc2)C1. The summed E-state index contributed by atoms with van der Waals surface area (Å²) in [7, 11) is 0. The van der Waals surface area contributed by atoms with E-state index in [1.807, 2.05) is 0 Å². The molecule has 3 rings (SSSR count). The van der Waals surface area contributed by atoms with Crippen LogP contribution in [0.25, 0.3) is 0 Å². The topological polar surface area (TPSA) is 3.24 Å². The largest absolute Gasteiger partial charge is 0.291 e. The number of piperidine rings is 1. The number of aryl methyl sites for hydroxylation is 1. The molecular formula is C15H17N. The van der Waals surface area contributed by atoms with Gasteiger partial charge in [0.15, 0.2) is 0 Å². The Labute approximate surface area is 97.5 Å². The van der Waals surface area contributed by atoms with Crippen LogP contribution in [-0.2, 0) is 5.41 Å². The Balaban J connectivity index is 1.82. The quantitative estimate of drug-likeness (QED) is 0.678. The van der Waals surface area contributed by atoms with E-state index in [0.29, 0.717) is 5.41 Å². The molecule has 1 aromatic rings. The van der Waals surface area contributed by atoms with Crippen molar-refractivity contribution in [3.05, 3.63) is 35.4 Å². The van der Waals surface area contributed by atoms with Crippen LogP contribution in [0.5, 0.6) is 0 Å². The van der Waals surface area contributed by atoms with E-state index in [1.165, 1.54) is 24.1 Å². The number of likely N-dealkylation sites (tertiary alicyclic amines) is 1. The van der Waals surface area contributed by atoms with Gasteiger partial charge in [-0.05, 0) is 24.8 Å². The van der Waals surface area contributed by atoms with Crippen LogP contribution in [0.3, 0.4) is 0 Å². The van der Waals surface area contributed by atoms with Crippen molar-refractivity contribution in [2.45, 2.75) is 18.8 Å². The normalized spacial score (nSPS) is 32.1. The van der Waals surface area contributed by atoms with Crippen molar-refractivity contribution in [3.63, 3.8) is 0 Å². The molecule has 1 aromatic carbocycles. The third-order valence-electron chi connectivity index (χ3n) is 4.16. The molecule has 0 aromatic heterocycles. The molecule has 0 radical (unpaired) electrons. The molecule has 16 heavy (non-hydrogen) atoms. The first-order chi connectivity index (χ1) is 7.74. The van der Waals surface area contributed by atoms with Crippen LogP contribution in [0.4, 0.5) is 0 Å². The maximum Gasteiger partial charge on any atom is 0.0599 e. The van der Waals surface area contributed by atoms with Gasteiger partial charge in [-0.1, -0.05) is 35.7 Å². The van der Waals surface area contributed by atoms with Crippen LogP contribution < -0.4 is 0 Å². The Morgan fingerprint density at radius 2 is 2.19 bits per heavy atom. The Kier molecular flexibility index (Phi) is 2.09. The fourth-order valence-electron chi connectivity index (χ4n) is 3.17. The molecule has 2 atom stereocenters. The van der Waals surface area contributed by atoms with Crippen molar-refractivity contribution in [1.82, 2.24) is 4.90 Å². The van der Waals surface area contributed by atoms with Crippen LogP contribution >= 0.6 is 0 Å². The Hall–Kier alpha value is -1.26. The first-order valence-electron chi connectivity index (χ1n) is 5.97. The molecule has 1 aliphatic heterocycles. The second-order valence-corrected chi connectivity index (χ2v) is 5.30. The maximum atomic E-state index is 5.38. The van der Waals surface area contributed by atoms with Crippen molar-refractivity contribution in [1.29, 1.82) is 0 Å². The zero-order chi connectivity index (χ0) is 11.2. The van der Waals surface area contributed by atoms with Crippen LogP contribution in [-0.4, -0.2) is 24.5 Å². The molecular weight excluding hydrogens is 194 g/mol. The third kappa shape index (κ3) is 1.37. The zero-order valence-electron chi connectivity index (χ0n) is 9.74. The van der Waals surface area contributed by atoms with Crippen LogP contribution in [0.2, 0.25) is 0 Å². The summed E-state index contributed by atoms with van der Waals surface area (Å²) in [6, 6.07) is 9.05. The number of hydrogen-bond acceptors (Lipinski definition) is 1. The summed E-state index contributed by atoms with van der Waals surface area (Å²) in [6.07, 6.45) is 6.74. The smallest absolute Gasteiger partial charge is 0.0599 e. The summed E-state index contributed by atoms with van der Waals surface area (Å²) < 4.78 is 0. The highest BCUT2D eigenvalue weighted by molar-refractivity contribution is 5.38. The molecule has 1 nitrogen and oxygen atoms in total. The lowest BCUT2D eigenvalue weighted by Gasteiger charge is -2.18. The number of hydrogen-bond donors (Lipinski definition) is 0. The van der Waals surface area contributed by atoms with Crippen LogP contribution in [0.15, 0.2) is 24.3 Å². The lowest BCUT2D eigenvalue weighted by molar-refractivity contribution is 0.334. The molecule has 2 aliphatic rings. The highest BCUT2D eigenvalue weighted by Crippen LogP contribution is 2.58. The summed E-state index contributed by atoms with van der Waals surface area (Å²) in [5.74, 6) is 3.60. The fraction of sp³-hybridized carbons (Fsp3) is 0.467. The molecule has 0 spiro atoms. The Bertz CT molecular complexity index is 439. The average molecular weight is 211 g/mol. The first kappa shape index (κ1) is 9.93. The lowest BCUT2D eigenvalue weighted by atomic mass is 9.94.